The molecule has 0 spiro atoms. The Kier molecular flexibility index (Phi) is 3.29. The smallest absolute Gasteiger partial charge is 0.103 e. The SMILES string of the molecule is CO/C=C(\C#N)c1ccc(C#N)cc1. The normalized spacial score (nSPS) is 10.1. The van der Waals surface area contributed by atoms with Gasteiger partial charge in [-0.3, -0.25) is 0 Å². The van der Waals surface area contributed by atoms with E-state index in [1.54, 1.807) is 24.3 Å². The Balaban J connectivity index is 3.04. The van der Waals surface area contributed by atoms with E-state index in [1.807, 2.05) is 12.1 Å². The lowest BCUT2D eigenvalue weighted by molar-refractivity contribution is 0.340. The number of hydrogen-bond donors (Lipinski definition) is 0. The Labute approximate surface area is 82.5 Å². The Bertz CT molecular complexity index is 418. The van der Waals surface area contributed by atoms with Crippen molar-refractivity contribution in [3.05, 3.63) is 41.7 Å². The van der Waals surface area contributed by atoms with Gasteiger partial charge in [0.05, 0.1) is 24.3 Å². The van der Waals surface area contributed by atoms with E-state index in [4.69, 9.17) is 15.3 Å². The van der Waals surface area contributed by atoms with Crippen molar-refractivity contribution in [2.75, 3.05) is 7.11 Å². The van der Waals surface area contributed by atoms with Crippen LogP contribution < -0.4 is 0 Å². The molecule has 0 fully saturated rings. The largest absolute Gasteiger partial charge is 0.503 e. The lowest BCUT2D eigenvalue weighted by atomic mass is 10.1. The highest BCUT2D eigenvalue weighted by molar-refractivity contribution is 5.76. The molecular formula is C11H8N2O. The third-order valence-electron chi connectivity index (χ3n) is 1.68. The third-order valence-corrected chi connectivity index (χ3v) is 1.68. The second-order valence-corrected chi connectivity index (χ2v) is 2.57. The minimum Gasteiger partial charge on any atom is -0.503 e. The second kappa shape index (κ2) is 4.69. The Hall–Kier alpha value is -2.26. The van der Waals surface area contributed by atoms with Crippen molar-refractivity contribution in [2.45, 2.75) is 0 Å². The molecule has 3 nitrogen and oxygen atoms in total. The van der Waals surface area contributed by atoms with E-state index in [1.165, 1.54) is 13.4 Å². The van der Waals surface area contributed by atoms with E-state index < -0.39 is 0 Å². The molecule has 68 valence electrons. The summed E-state index contributed by atoms with van der Waals surface area (Å²) in [6.07, 6.45) is 1.38. The molecule has 1 aromatic rings. The minimum absolute atomic E-state index is 0.442. The predicted octanol–water partition coefficient (Wildman–Crippen LogP) is 2.07. The lowest BCUT2D eigenvalue weighted by Crippen LogP contribution is -1.83. The van der Waals surface area contributed by atoms with Gasteiger partial charge in [0.1, 0.15) is 12.3 Å². The van der Waals surface area contributed by atoms with Crippen molar-refractivity contribution in [2.24, 2.45) is 0 Å². The Morgan fingerprint density at radius 1 is 1.29 bits per heavy atom. The molecular weight excluding hydrogens is 176 g/mol. The molecule has 0 bridgehead atoms. The molecule has 0 aromatic heterocycles. The van der Waals surface area contributed by atoms with E-state index in [0.717, 1.165) is 5.56 Å². The van der Waals surface area contributed by atoms with Gasteiger partial charge in [-0.2, -0.15) is 10.5 Å². The zero-order chi connectivity index (χ0) is 10.4. The summed E-state index contributed by atoms with van der Waals surface area (Å²) >= 11 is 0. The number of nitrogens with zero attached hydrogens (tertiary/aromatic N) is 2. The summed E-state index contributed by atoms with van der Waals surface area (Å²) in [5.41, 5.74) is 1.76. The topological polar surface area (TPSA) is 56.8 Å². The van der Waals surface area contributed by atoms with Crippen LogP contribution in [0.15, 0.2) is 30.5 Å². The summed E-state index contributed by atoms with van der Waals surface area (Å²) < 4.78 is 4.76. The van der Waals surface area contributed by atoms with Gasteiger partial charge in [-0.05, 0) is 17.7 Å². The van der Waals surface area contributed by atoms with Gasteiger partial charge < -0.3 is 4.74 Å². The molecule has 0 heterocycles. The van der Waals surface area contributed by atoms with Crippen LogP contribution >= 0.6 is 0 Å². The number of benzene rings is 1. The van der Waals surface area contributed by atoms with Crippen LogP contribution in [0.25, 0.3) is 5.57 Å². The van der Waals surface area contributed by atoms with Crippen molar-refractivity contribution in [1.82, 2.24) is 0 Å². The number of methoxy groups -OCH3 is 1. The first kappa shape index (κ1) is 9.83. The highest BCUT2D eigenvalue weighted by Gasteiger charge is 2.00. The zero-order valence-corrected chi connectivity index (χ0v) is 7.69. The fourth-order valence-electron chi connectivity index (χ4n) is 1.00. The van der Waals surface area contributed by atoms with Crippen LogP contribution in [0, 0.1) is 22.7 Å². The predicted molar refractivity (Wildman–Crippen MR) is 51.8 cm³/mol. The molecule has 14 heavy (non-hydrogen) atoms. The molecule has 3 heteroatoms. The summed E-state index contributed by atoms with van der Waals surface area (Å²) in [7, 11) is 1.49. The van der Waals surface area contributed by atoms with Gasteiger partial charge in [0.25, 0.3) is 0 Å². The molecule has 0 radical (unpaired) electrons. The van der Waals surface area contributed by atoms with Gasteiger partial charge in [0, 0.05) is 0 Å². The average molecular weight is 184 g/mol. The fraction of sp³-hybridized carbons (Fsp3) is 0.0909. The molecule has 1 aromatic carbocycles. The molecule has 0 N–H and O–H groups in total. The minimum atomic E-state index is 0.442. The third kappa shape index (κ3) is 2.12. The van der Waals surface area contributed by atoms with Crippen LogP contribution in [-0.2, 0) is 4.74 Å². The van der Waals surface area contributed by atoms with Crippen LogP contribution in [0.1, 0.15) is 11.1 Å². The molecule has 0 aliphatic carbocycles. The molecule has 0 amide bonds. The Morgan fingerprint density at radius 2 is 1.93 bits per heavy atom. The highest BCUT2D eigenvalue weighted by Crippen LogP contribution is 2.13. The molecule has 0 atom stereocenters. The molecule has 0 saturated carbocycles. The molecule has 1 rings (SSSR count). The Morgan fingerprint density at radius 3 is 2.36 bits per heavy atom. The maximum Gasteiger partial charge on any atom is 0.103 e. The van der Waals surface area contributed by atoms with Gasteiger partial charge in [0.2, 0.25) is 0 Å². The lowest BCUT2D eigenvalue weighted by Gasteiger charge is -1.97. The van der Waals surface area contributed by atoms with Crippen molar-refractivity contribution >= 4 is 5.57 Å². The van der Waals surface area contributed by atoms with Crippen molar-refractivity contribution in [1.29, 1.82) is 10.5 Å². The molecule has 0 unspecified atom stereocenters. The quantitative estimate of drug-likeness (QED) is 0.522. The van der Waals surface area contributed by atoms with Crippen LogP contribution in [0.3, 0.4) is 0 Å². The maximum absolute atomic E-state index is 8.77. The number of nitriles is 2. The van der Waals surface area contributed by atoms with Gasteiger partial charge in [-0.25, -0.2) is 0 Å². The highest BCUT2D eigenvalue weighted by atomic mass is 16.5. The zero-order valence-electron chi connectivity index (χ0n) is 7.69. The molecule has 0 saturated heterocycles. The summed E-state index contributed by atoms with van der Waals surface area (Å²) in [5.74, 6) is 0. The van der Waals surface area contributed by atoms with Crippen LogP contribution in [0.4, 0.5) is 0 Å². The van der Waals surface area contributed by atoms with Gasteiger partial charge in [-0.1, -0.05) is 12.1 Å². The van der Waals surface area contributed by atoms with Crippen LogP contribution in [-0.4, -0.2) is 7.11 Å². The van der Waals surface area contributed by atoms with Gasteiger partial charge >= 0.3 is 0 Å². The van der Waals surface area contributed by atoms with Crippen LogP contribution in [0.2, 0.25) is 0 Å². The summed E-state index contributed by atoms with van der Waals surface area (Å²) in [4.78, 5) is 0. The standard InChI is InChI=1S/C11H8N2O/c1-14-8-11(7-13)10-4-2-9(6-12)3-5-10/h2-5,8H,1H3/b11-8+. The number of hydrogen-bond acceptors (Lipinski definition) is 3. The summed E-state index contributed by atoms with van der Waals surface area (Å²) in [6.45, 7) is 0. The number of ether oxygens (including phenoxy) is 1. The van der Waals surface area contributed by atoms with E-state index in [0.29, 0.717) is 11.1 Å². The van der Waals surface area contributed by atoms with E-state index >= 15 is 0 Å². The maximum atomic E-state index is 8.77. The fourth-order valence-corrected chi connectivity index (χ4v) is 1.00. The van der Waals surface area contributed by atoms with E-state index in [9.17, 15) is 0 Å². The van der Waals surface area contributed by atoms with Gasteiger partial charge in [0.15, 0.2) is 0 Å². The average Bonchev–Trinajstić information content (AvgIpc) is 2.26. The van der Waals surface area contributed by atoms with Crippen molar-refractivity contribution in [3.8, 4) is 12.1 Å². The van der Waals surface area contributed by atoms with Gasteiger partial charge in [-0.15, -0.1) is 0 Å². The summed E-state index contributed by atoms with van der Waals surface area (Å²) in [6, 6.07) is 10.8. The van der Waals surface area contributed by atoms with Crippen LogP contribution in [0.5, 0.6) is 0 Å². The second-order valence-electron chi connectivity index (χ2n) is 2.57. The number of allylic oxidation sites excluding steroid dienone is 1. The van der Waals surface area contributed by atoms with Crippen molar-refractivity contribution < 1.29 is 4.74 Å². The molecule has 0 aliphatic heterocycles. The first-order valence-electron chi connectivity index (χ1n) is 3.95. The van der Waals surface area contributed by atoms with Crippen molar-refractivity contribution in [3.63, 3.8) is 0 Å². The van der Waals surface area contributed by atoms with E-state index in [-0.39, 0.29) is 0 Å². The summed E-state index contributed by atoms with van der Waals surface area (Å²) in [5, 5.41) is 17.3. The first-order chi connectivity index (χ1) is 6.81. The monoisotopic (exact) mass is 184 g/mol. The van der Waals surface area contributed by atoms with E-state index in [2.05, 4.69) is 0 Å². The first-order valence-corrected chi connectivity index (χ1v) is 3.95. The molecule has 0 aliphatic rings. The number of rotatable bonds is 2.